The van der Waals surface area contributed by atoms with Gasteiger partial charge in [0, 0.05) is 21.6 Å². The van der Waals surface area contributed by atoms with Gasteiger partial charge in [0.05, 0.1) is 0 Å². The zero-order chi connectivity index (χ0) is 13.5. The first-order valence-electron chi connectivity index (χ1n) is 5.75. The first-order valence-corrected chi connectivity index (χ1v) is 8.06. The minimum Gasteiger partial charge on any atom is -0.443 e. The van der Waals surface area contributed by atoms with Crippen molar-refractivity contribution in [2.24, 2.45) is 5.92 Å². The van der Waals surface area contributed by atoms with Crippen molar-refractivity contribution in [3.05, 3.63) is 29.3 Å². The van der Waals surface area contributed by atoms with E-state index in [1.165, 1.54) is 0 Å². The molecule has 3 nitrogen and oxygen atoms in total. The molecule has 2 rings (SSSR count). The van der Waals surface area contributed by atoms with Gasteiger partial charge < -0.3 is 4.42 Å². The van der Waals surface area contributed by atoms with Gasteiger partial charge in [-0.25, -0.2) is 8.42 Å². The minimum absolute atomic E-state index is 0.113. The van der Waals surface area contributed by atoms with Crippen molar-refractivity contribution in [1.29, 1.82) is 0 Å². The third kappa shape index (κ3) is 2.54. The Hall–Kier alpha value is -1.00. The maximum atomic E-state index is 11.6. The lowest BCUT2D eigenvalue weighted by Gasteiger charge is -2.04. The number of fused-ring (bicyclic) bond motifs is 1. The summed E-state index contributed by atoms with van der Waals surface area (Å²) < 4.78 is 28.5. The lowest BCUT2D eigenvalue weighted by Crippen LogP contribution is -1.99. The fourth-order valence-corrected chi connectivity index (χ4v) is 3.08. The molecule has 5 heteroatoms. The first-order chi connectivity index (χ1) is 8.29. The first kappa shape index (κ1) is 13.4. The monoisotopic (exact) mass is 286 g/mol. The summed E-state index contributed by atoms with van der Waals surface area (Å²) in [6.07, 6.45) is 0.622. The van der Waals surface area contributed by atoms with Gasteiger partial charge in [-0.15, -0.1) is 0 Å². The van der Waals surface area contributed by atoms with E-state index in [1.54, 1.807) is 0 Å². The highest BCUT2D eigenvalue weighted by Crippen LogP contribution is 2.33. The number of aryl methyl sites for hydroxylation is 1. The normalized spacial score (nSPS) is 12.5. The zero-order valence-corrected chi connectivity index (χ0v) is 12.1. The minimum atomic E-state index is -3.85. The van der Waals surface area contributed by atoms with Gasteiger partial charge in [-0.2, -0.15) is 0 Å². The molecular weight excluding hydrogens is 272 g/mol. The molecule has 0 bridgehead atoms. The fraction of sp³-hybridized carbons (Fsp3) is 0.385. The van der Waals surface area contributed by atoms with Crippen LogP contribution >= 0.6 is 10.7 Å². The molecule has 2 aromatic rings. The molecule has 0 saturated heterocycles. The van der Waals surface area contributed by atoms with Crippen molar-refractivity contribution in [3.8, 4) is 0 Å². The van der Waals surface area contributed by atoms with Crippen LogP contribution in [0.4, 0.5) is 0 Å². The second kappa shape index (κ2) is 4.59. The molecule has 0 N–H and O–H groups in total. The Morgan fingerprint density at radius 3 is 2.56 bits per heavy atom. The van der Waals surface area contributed by atoms with E-state index >= 15 is 0 Å². The van der Waals surface area contributed by atoms with E-state index in [-0.39, 0.29) is 5.09 Å². The molecular formula is C13H15ClO3S. The Labute approximate surface area is 111 Å². The number of furan rings is 1. The SMILES string of the molecule is Cc1ccc2c(CC(C)C)c(S(=O)(=O)Cl)oc2c1. The molecule has 0 spiro atoms. The molecule has 18 heavy (non-hydrogen) atoms. The molecule has 0 aliphatic carbocycles. The lowest BCUT2D eigenvalue weighted by molar-refractivity contribution is 0.473. The number of hydrogen-bond donors (Lipinski definition) is 0. The van der Waals surface area contributed by atoms with E-state index < -0.39 is 9.05 Å². The topological polar surface area (TPSA) is 47.3 Å². The van der Waals surface area contributed by atoms with Crippen LogP contribution in [-0.2, 0) is 15.5 Å². The second-order valence-electron chi connectivity index (χ2n) is 4.90. The van der Waals surface area contributed by atoms with Crippen molar-refractivity contribution in [1.82, 2.24) is 0 Å². The molecule has 0 aliphatic rings. The van der Waals surface area contributed by atoms with E-state index in [0.29, 0.717) is 23.5 Å². The predicted molar refractivity (Wildman–Crippen MR) is 72.5 cm³/mol. The fourth-order valence-electron chi connectivity index (χ4n) is 2.03. The van der Waals surface area contributed by atoms with Gasteiger partial charge in [-0.1, -0.05) is 26.0 Å². The highest BCUT2D eigenvalue weighted by atomic mass is 35.7. The Morgan fingerprint density at radius 2 is 2.00 bits per heavy atom. The van der Waals surface area contributed by atoms with Gasteiger partial charge in [0.2, 0.25) is 5.09 Å². The summed E-state index contributed by atoms with van der Waals surface area (Å²) in [7, 11) is 1.59. The Balaban J connectivity index is 2.76. The predicted octanol–water partition coefficient (Wildman–Crippen LogP) is 3.87. The third-order valence-corrected chi connectivity index (χ3v) is 3.94. The summed E-state index contributed by atoms with van der Waals surface area (Å²) in [6.45, 7) is 5.98. The van der Waals surface area contributed by atoms with Crippen molar-refractivity contribution >= 4 is 30.7 Å². The summed E-state index contributed by atoms with van der Waals surface area (Å²) in [5.74, 6) is 0.323. The van der Waals surface area contributed by atoms with Crippen LogP contribution in [0.2, 0.25) is 0 Å². The van der Waals surface area contributed by atoms with Crippen LogP contribution in [-0.4, -0.2) is 8.42 Å². The molecule has 98 valence electrons. The summed E-state index contributed by atoms with van der Waals surface area (Å²) in [5, 5.41) is 0.715. The van der Waals surface area contributed by atoms with Crippen molar-refractivity contribution in [2.75, 3.05) is 0 Å². The van der Waals surface area contributed by atoms with Gasteiger partial charge in [-0.05, 0) is 30.9 Å². The highest BCUT2D eigenvalue weighted by Gasteiger charge is 2.24. The summed E-state index contributed by atoms with van der Waals surface area (Å²) in [5.41, 5.74) is 2.27. The van der Waals surface area contributed by atoms with Crippen LogP contribution in [0.1, 0.15) is 25.0 Å². The third-order valence-electron chi connectivity index (χ3n) is 2.75. The highest BCUT2D eigenvalue weighted by molar-refractivity contribution is 8.13. The molecule has 1 aromatic carbocycles. The van der Waals surface area contributed by atoms with E-state index in [0.717, 1.165) is 10.9 Å². The van der Waals surface area contributed by atoms with Crippen LogP contribution in [0.5, 0.6) is 0 Å². The second-order valence-corrected chi connectivity index (χ2v) is 7.37. The molecule has 0 unspecified atom stereocenters. The molecule has 0 amide bonds. The molecule has 0 fully saturated rings. The zero-order valence-electron chi connectivity index (χ0n) is 10.5. The number of hydrogen-bond acceptors (Lipinski definition) is 3. The van der Waals surface area contributed by atoms with Crippen molar-refractivity contribution < 1.29 is 12.8 Å². The van der Waals surface area contributed by atoms with Gasteiger partial charge in [0.1, 0.15) is 5.58 Å². The van der Waals surface area contributed by atoms with Crippen LogP contribution in [0.3, 0.4) is 0 Å². The maximum absolute atomic E-state index is 11.6. The van der Waals surface area contributed by atoms with E-state index in [1.807, 2.05) is 39.0 Å². The number of benzene rings is 1. The van der Waals surface area contributed by atoms with Crippen LogP contribution in [0.25, 0.3) is 11.0 Å². The molecule has 1 heterocycles. The largest absolute Gasteiger partial charge is 0.443 e. The molecule has 1 aromatic heterocycles. The quantitative estimate of drug-likeness (QED) is 0.805. The van der Waals surface area contributed by atoms with Crippen LogP contribution in [0, 0.1) is 12.8 Å². The van der Waals surface area contributed by atoms with Gasteiger partial charge in [0.25, 0.3) is 9.05 Å². The molecule has 0 radical (unpaired) electrons. The van der Waals surface area contributed by atoms with E-state index in [9.17, 15) is 8.42 Å². The Morgan fingerprint density at radius 1 is 1.33 bits per heavy atom. The van der Waals surface area contributed by atoms with Gasteiger partial charge in [-0.3, -0.25) is 0 Å². The van der Waals surface area contributed by atoms with E-state index in [2.05, 4.69) is 0 Å². The molecule has 0 aliphatic heterocycles. The van der Waals surface area contributed by atoms with Gasteiger partial charge >= 0.3 is 0 Å². The standard InChI is InChI=1S/C13H15ClO3S/c1-8(2)6-11-10-5-4-9(3)7-12(10)17-13(11)18(14,15)16/h4-5,7-8H,6H2,1-3H3. The average molecular weight is 287 g/mol. The Kier molecular flexibility index (Phi) is 3.43. The van der Waals surface area contributed by atoms with Crippen LogP contribution < -0.4 is 0 Å². The van der Waals surface area contributed by atoms with Gasteiger partial charge in [0.15, 0.2) is 0 Å². The van der Waals surface area contributed by atoms with E-state index in [4.69, 9.17) is 15.1 Å². The Bertz CT molecular complexity index is 684. The molecule has 0 atom stereocenters. The number of halogens is 1. The summed E-state index contributed by atoms with van der Waals surface area (Å²) in [6, 6.07) is 5.65. The van der Waals surface area contributed by atoms with Crippen LogP contribution in [0.15, 0.2) is 27.7 Å². The summed E-state index contributed by atoms with van der Waals surface area (Å²) in [4.78, 5) is 0. The maximum Gasteiger partial charge on any atom is 0.294 e. The lowest BCUT2D eigenvalue weighted by atomic mass is 10.0. The molecule has 0 saturated carbocycles. The van der Waals surface area contributed by atoms with Crippen molar-refractivity contribution in [3.63, 3.8) is 0 Å². The van der Waals surface area contributed by atoms with Crippen molar-refractivity contribution in [2.45, 2.75) is 32.3 Å². The number of rotatable bonds is 3. The average Bonchev–Trinajstić information content (AvgIpc) is 2.55. The summed E-state index contributed by atoms with van der Waals surface area (Å²) >= 11 is 0. The smallest absolute Gasteiger partial charge is 0.294 e.